The van der Waals surface area contributed by atoms with Crippen LogP contribution in [0.1, 0.15) is 5.69 Å². The van der Waals surface area contributed by atoms with Crippen LogP contribution in [0, 0.1) is 5.82 Å². The molecular weight excluding hydrogens is 389 g/mol. The first-order chi connectivity index (χ1) is 12.1. The Bertz CT molecular complexity index is 1040. The number of hydrogen-bond acceptors (Lipinski definition) is 3. The Labute approximate surface area is 152 Å². The highest BCUT2D eigenvalue weighted by molar-refractivity contribution is 7.90. The summed E-state index contributed by atoms with van der Waals surface area (Å²) in [6, 6.07) is 11.9. The number of hydrogen-bond donors (Lipinski definition) is 0. The van der Waals surface area contributed by atoms with Gasteiger partial charge in [-0.15, -0.1) is 0 Å². The number of nitrogens with zero attached hydrogens (tertiary/aromatic N) is 2. The van der Waals surface area contributed by atoms with Crippen molar-refractivity contribution in [1.29, 1.82) is 0 Å². The normalized spacial score (nSPS) is 12.3. The summed E-state index contributed by atoms with van der Waals surface area (Å²) in [7, 11) is -3.40. The van der Waals surface area contributed by atoms with Crippen molar-refractivity contribution in [2.45, 2.75) is 10.3 Å². The third kappa shape index (κ3) is 3.76. The lowest BCUT2D eigenvalue weighted by molar-refractivity contribution is 0.0895. The van der Waals surface area contributed by atoms with Crippen molar-refractivity contribution in [3.8, 4) is 16.9 Å². The van der Waals surface area contributed by atoms with Gasteiger partial charge in [0, 0.05) is 11.8 Å². The molecule has 2 aromatic carbocycles. The summed E-state index contributed by atoms with van der Waals surface area (Å²) in [4.78, 5) is 0.0830. The van der Waals surface area contributed by atoms with Gasteiger partial charge in [-0.3, -0.25) is 0 Å². The predicted octanol–water partition coefficient (Wildman–Crippen LogP) is 4.37. The minimum Gasteiger partial charge on any atom is -0.233 e. The van der Waals surface area contributed by atoms with Gasteiger partial charge >= 0.3 is 5.38 Å². The van der Waals surface area contributed by atoms with Crippen LogP contribution in [-0.2, 0) is 15.2 Å². The van der Waals surface area contributed by atoms with Crippen LogP contribution in [0.3, 0.4) is 0 Å². The Hall–Kier alpha value is -2.32. The van der Waals surface area contributed by atoms with E-state index in [-0.39, 0.29) is 10.6 Å². The zero-order valence-electron chi connectivity index (χ0n) is 13.3. The van der Waals surface area contributed by atoms with E-state index < -0.39 is 26.7 Å². The lowest BCUT2D eigenvalue weighted by Crippen LogP contribution is -2.06. The molecule has 0 spiro atoms. The number of aromatic nitrogens is 2. The molecule has 0 atom stereocenters. The second kappa shape index (κ2) is 6.44. The Morgan fingerprint density at radius 1 is 1.04 bits per heavy atom. The van der Waals surface area contributed by atoms with Gasteiger partial charge in [0.25, 0.3) is 0 Å². The van der Waals surface area contributed by atoms with Crippen molar-refractivity contribution in [1.82, 2.24) is 9.78 Å². The molecule has 0 fully saturated rings. The van der Waals surface area contributed by atoms with Crippen molar-refractivity contribution in [2.24, 2.45) is 0 Å². The van der Waals surface area contributed by atoms with Gasteiger partial charge in [-0.05, 0) is 66.2 Å². The van der Waals surface area contributed by atoms with E-state index in [0.29, 0.717) is 11.3 Å². The standard InChI is InChI=1S/C17H12ClF3N2O2S/c1-26(24,25)14-8-6-13(7-9-14)23-15(10-16(22-23)17(18,20)21)11-2-4-12(19)5-3-11/h2-10H,1H3. The number of halogens is 4. The summed E-state index contributed by atoms with van der Waals surface area (Å²) in [6.07, 6.45) is 1.06. The molecule has 0 aliphatic carbocycles. The molecule has 0 bridgehead atoms. The zero-order chi connectivity index (χ0) is 19.1. The maximum atomic E-state index is 13.5. The van der Waals surface area contributed by atoms with E-state index in [1.165, 1.54) is 53.2 Å². The molecule has 0 amide bonds. The Morgan fingerprint density at radius 3 is 2.12 bits per heavy atom. The first-order valence-electron chi connectivity index (χ1n) is 7.29. The van der Waals surface area contributed by atoms with Crippen LogP contribution in [0.5, 0.6) is 0 Å². The summed E-state index contributed by atoms with van der Waals surface area (Å²) >= 11 is 5.08. The lowest BCUT2D eigenvalue weighted by atomic mass is 10.1. The lowest BCUT2D eigenvalue weighted by Gasteiger charge is -2.08. The van der Waals surface area contributed by atoms with Crippen molar-refractivity contribution in [3.63, 3.8) is 0 Å². The van der Waals surface area contributed by atoms with E-state index in [9.17, 15) is 21.6 Å². The molecule has 0 unspecified atom stereocenters. The van der Waals surface area contributed by atoms with Crippen LogP contribution < -0.4 is 0 Å². The fraction of sp³-hybridized carbons (Fsp3) is 0.118. The molecule has 4 nitrogen and oxygen atoms in total. The van der Waals surface area contributed by atoms with Crippen LogP contribution in [0.25, 0.3) is 16.9 Å². The van der Waals surface area contributed by atoms with Gasteiger partial charge in [-0.1, -0.05) is 0 Å². The molecule has 1 aromatic heterocycles. The van der Waals surface area contributed by atoms with Gasteiger partial charge in [-0.2, -0.15) is 13.9 Å². The molecule has 1 heterocycles. The predicted molar refractivity (Wildman–Crippen MR) is 91.8 cm³/mol. The average Bonchev–Trinajstić information content (AvgIpc) is 3.00. The van der Waals surface area contributed by atoms with Gasteiger partial charge < -0.3 is 0 Å². The first kappa shape index (κ1) is 18.5. The summed E-state index contributed by atoms with van der Waals surface area (Å²) in [5.41, 5.74) is 0.375. The second-order valence-corrected chi connectivity index (χ2v) is 8.09. The molecule has 136 valence electrons. The quantitative estimate of drug-likeness (QED) is 0.611. The fourth-order valence-corrected chi connectivity index (χ4v) is 3.10. The highest BCUT2D eigenvalue weighted by atomic mass is 35.5. The van der Waals surface area contributed by atoms with Crippen LogP contribution in [0.15, 0.2) is 59.5 Å². The highest BCUT2D eigenvalue weighted by Gasteiger charge is 2.32. The number of rotatable bonds is 4. The van der Waals surface area contributed by atoms with E-state index >= 15 is 0 Å². The summed E-state index contributed by atoms with van der Waals surface area (Å²) in [6.45, 7) is 0. The average molecular weight is 401 g/mol. The molecule has 26 heavy (non-hydrogen) atoms. The van der Waals surface area contributed by atoms with Crippen LogP contribution in [0.4, 0.5) is 13.2 Å². The van der Waals surface area contributed by atoms with Gasteiger partial charge in [0.15, 0.2) is 9.84 Å². The fourth-order valence-electron chi connectivity index (χ4n) is 2.38. The van der Waals surface area contributed by atoms with Crippen molar-refractivity contribution in [2.75, 3.05) is 6.26 Å². The molecule has 0 saturated heterocycles. The van der Waals surface area contributed by atoms with Crippen LogP contribution in [-0.4, -0.2) is 24.5 Å². The minimum atomic E-state index is -3.69. The first-order valence-corrected chi connectivity index (χ1v) is 9.56. The van der Waals surface area contributed by atoms with Gasteiger partial charge in [-0.25, -0.2) is 17.5 Å². The largest absolute Gasteiger partial charge is 0.366 e. The topological polar surface area (TPSA) is 52.0 Å². The Balaban J connectivity index is 2.16. The molecule has 0 aliphatic rings. The summed E-state index contributed by atoms with van der Waals surface area (Å²) < 4.78 is 64.5. The second-order valence-electron chi connectivity index (χ2n) is 5.60. The molecule has 3 rings (SSSR count). The summed E-state index contributed by atoms with van der Waals surface area (Å²) in [5, 5.41) is 0.146. The van der Waals surface area contributed by atoms with Crippen molar-refractivity contribution >= 4 is 21.4 Å². The summed E-state index contributed by atoms with van der Waals surface area (Å²) in [5.74, 6) is -0.472. The molecule has 0 aliphatic heterocycles. The minimum absolute atomic E-state index is 0.0830. The van der Waals surface area contributed by atoms with E-state index in [2.05, 4.69) is 5.10 Å². The van der Waals surface area contributed by atoms with Crippen LogP contribution >= 0.6 is 11.6 Å². The zero-order valence-corrected chi connectivity index (χ0v) is 14.9. The number of benzene rings is 2. The monoisotopic (exact) mass is 400 g/mol. The molecular formula is C17H12ClF3N2O2S. The van der Waals surface area contributed by atoms with E-state index in [0.717, 1.165) is 12.3 Å². The van der Waals surface area contributed by atoms with Gasteiger partial charge in [0.1, 0.15) is 11.5 Å². The third-order valence-corrected chi connectivity index (χ3v) is 4.97. The van der Waals surface area contributed by atoms with E-state index in [4.69, 9.17) is 11.6 Å². The molecule has 0 N–H and O–H groups in total. The Kier molecular flexibility index (Phi) is 4.58. The van der Waals surface area contributed by atoms with E-state index in [1.54, 1.807) is 0 Å². The smallest absolute Gasteiger partial charge is 0.233 e. The number of alkyl halides is 3. The van der Waals surface area contributed by atoms with Crippen molar-refractivity contribution in [3.05, 3.63) is 66.1 Å². The molecule has 0 saturated carbocycles. The Morgan fingerprint density at radius 2 is 1.62 bits per heavy atom. The van der Waals surface area contributed by atoms with Crippen LogP contribution in [0.2, 0.25) is 0 Å². The number of sulfone groups is 1. The van der Waals surface area contributed by atoms with Gasteiger partial charge in [0.2, 0.25) is 0 Å². The van der Waals surface area contributed by atoms with Crippen molar-refractivity contribution < 1.29 is 21.6 Å². The highest BCUT2D eigenvalue weighted by Crippen LogP contribution is 2.35. The van der Waals surface area contributed by atoms with Gasteiger partial charge in [0.05, 0.1) is 16.3 Å². The van der Waals surface area contributed by atoms with E-state index in [1.807, 2.05) is 0 Å². The third-order valence-electron chi connectivity index (χ3n) is 3.65. The maximum absolute atomic E-state index is 13.5. The molecule has 0 radical (unpaired) electrons. The molecule has 9 heteroatoms. The maximum Gasteiger partial charge on any atom is 0.366 e. The SMILES string of the molecule is CS(=O)(=O)c1ccc(-n2nc(C(F)(F)Cl)cc2-c2ccc(F)cc2)cc1. The molecule has 3 aromatic rings.